The number of hydrogen-bond donors (Lipinski definition) is 0. The number of benzene rings is 4. The molecule has 1 aliphatic carbocycles. The number of furan rings is 2. The van der Waals surface area contributed by atoms with Gasteiger partial charge in [0.1, 0.15) is 17.1 Å². The van der Waals surface area contributed by atoms with E-state index < -0.39 is 0 Å². The maximum Gasteiger partial charge on any atom is 0.160 e. The van der Waals surface area contributed by atoms with Crippen molar-refractivity contribution in [3.63, 3.8) is 0 Å². The summed E-state index contributed by atoms with van der Waals surface area (Å²) >= 11 is 1.84. The van der Waals surface area contributed by atoms with Gasteiger partial charge in [-0.3, -0.25) is 9.55 Å². The topological polar surface area (TPSA) is 57.0 Å². The molecule has 6 aromatic heterocycles. The van der Waals surface area contributed by atoms with Crippen LogP contribution in [0.4, 0.5) is 0 Å². The van der Waals surface area contributed by atoms with Crippen molar-refractivity contribution >= 4 is 53.4 Å². The van der Waals surface area contributed by atoms with E-state index in [0.29, 0.717) is 0 Å². The molecule has 4 aromatic carbocycles. The third kappa shape index (κ3) is 3.49. The lowest BCUT2D eigenvalue weighted by Gasteiger charge is -2.17. The average Bonchev–Trinajstić information content (AvgIpc) is 3.94. The van der Waals surface area contributed by atoms with Crippen LogP contribution in [0.3, 0.4) is 0 Å². The number of thiophene rings is 1. The van der Waals surface area contributed by atoms with Gasteiger partial charge in [-0.15, -0.1) is 11.3 Å². The number of fused-ring (bicyclic) bond motifs is 14. The minimum absolute atomic E-state index is 0.767. The van der Waals surface area contributed by atoms with Gasteiger partial charge in [0.05, 0.1) is 18.0 Å². The number of para-hydroxylation sites is 1. The van der Waals surface area contributed by atoms with Crippen molar-refractivity contribution in [2.24, 2.45) is 0 Å². The van der Waals surface area contributed by atoms with E-state index in [-0.39, 0.29) is 0 Å². The monoisotopic (exact) mass is 633 g/mol. The van der Waals surface area contributed by atoms with Crippen LogP contribution in [0.15, 0.2) is 149 Å². The van der Waals surface area contributed by atoms with Crippen LogP contribution in [0.25, 0.3) is 104 Å². The third-order valence-corrected chi connectivity index (χ3v) is 10.9. The lowest BCUT2D eigenvalue weighted by atomic mass is 9.87. The van der Waals surface area contributed by atoms with Crippen molar-refractivity contribution in [3.8, 4) is 61.8 Å². The van der Waals surface area contributed by atoms with Crippen LogP contribution in [0.2, 0.25) is 0 Å². The van der Waals surface area contributed by atoms with E-state index in [1.165, 1.54) is 31.1 Å². The molecule has 0 saturated carbocycles. The lowest BCUT2D eigenvalue weighted by molar-refractivity contribution is 0.579. The highest BCUT2D eigenvalue weighted by atomic mass is 32.1. The summed E-state index contributed by atoms with van der Waals surface area (Å²) in [6, 6.07) is 40.9. The second-order valence-corrected chi connectivity index (χ2v) is 13.2. The number of rotatable bonds is 2. The molecule has 0 atom stereocenters. The quantitative estimate of drug-likeness (QED) is 0.190. The first-order valence-corrected chi connectivity index (χ1v) is 16.7. The van der Waals surface area contributed by atoms with Crippen LogP contribution in [-0.2, 0) is 0 Å². The van der Waals surface area contributed by atoms with Gasteiger partial charge < -0.3 is 8.83 Å². The summed E-state index contributed by atoms with van der Waals surface area (Å²) in [5, 5.41) is 4.85. The highest BCUT2D eigenvalue weighted by Crippen LogP contribution is 2.49. The second-order valence-electron chi connectivity index (χ2n) is 12.2. The Bertz CT molecular complexity index is 2870. The molecule has 0 aliphatic heterocycles. The van der Waals surface area contributed by atoms with E-state index in [1.807, 2.05) is 48.0 Å². The average molecular weight is 634 g/mol. The molecule has 48 heavy (non-hydrogen) atoms. The molecule has 0 amide bonds. The molecular formula is C42H23N3O2S. The molecule has 11 rings (SSSR count). The zero-order valence-electron chi connectivity index (χ0n) is 25.3. The molecule has 0 bridgehead atoms. The maximum atomic E-state index is 6.15. The Kier molecular flexibility index (Phi) is 5.20. The summed E-state index contributed by atoms with van der Waals surface area (Å²) < 4.78 is 17.1. The van der Waals surface area contributed by atoms with Gasteiger partial charge in [-0.1, -0.05) is 48.5 Å². The predicted molar refractivity (Wildman–Crippen MR) is 195 cm³/mol. The largest absolute Gasteiger partial charge is 0.464 e. The lowest BCUT2D eigenvalue weighted by Crippen LogP contribution is -1.95. The summed E-state index contributed by atoms with van der Waals surface area (Å²) in [6.07, 6.45) is 7.20. The molecule has 0 unspecified atom stereocenters. The molecule has 6 heteroatoms. The Morgan fingerprint density at radius 2 is 1.31 bits per heavy atom. The molecule has 6 heterocycles. The zero-order chi connectivity index (χ0) is 31.3. The van der Waals surface area contributed by atoms with Crippen molar-refractivity contribution in [1.82, 2.24) is 14.5 Å². The Hall–Kier alpha value is -6.24. The Labute approximate surface area is 278 Å². The number of hydrogen-bond acceptors (Lipinski definition) is 5. The summed E-state index contributed by atoms with van der Waals surface area (Å²) in [6.45, 7) is 0. The van der Waals surface area contributed by atoms with E-state index in [4.69, 9.17) is 18.8 Å². The van der Waals surface area contributed by atoms with Crippen LogP contribution in [0, 0.1) is 0 Å². The molecule has 0 fully saturated rings. The van der Waals surface area contributed by atoms with Crippen LogP contribution < -0.4 is 0 Å². The fourth-order valence-electron chi connectivity index (χ4n) is 7.58. The first kappa shape index (κ1) is 25.9. The minimum Gasteiger partial charge on any atom is -0.464 e. The van der Waals surface area contributed by atoms with Crippen molar-refractivity contribution in [2.45, 2.75) is 0 Å². The van der Waals surface area contributed by atoms with Gasteiger partial charge in [-0.05, 0) is 83.4 Å². The fourth-order valence-corrected chi connectivity index (χ4v) is 8.80. The molecule has 0 spiro atoms. The van der Waals surface area contributed by atoms with Crippen LogP contribution in [-0.4, -0.2) is 14.5 Å². The molecule has 0 N–H and O–H groups in total. The smallest absolute Gasteiger partial charge is 0.160 e. The molecule has 0 radical (unpaired) electrons. The first-order valence-electron chi connectivity index (χ1n) is 15.9. The van der Waals surface area contributed by atoms with Crippen molar-refractivity contribution < 1.29 is 8.83 Å². The highest BCUT2D eigenvalue weighted by Gasteiger charge is 2.27. The van der Waals surface area contributed by atoms with Gasteiger partial charge in [0, 0.05) is 71.3 Å². The van der Waals surface area contributed by atoms with E-state index in [1.54, 1.807) is 12.5 Å². The van der Waals surface area contributed by atoms with Crippen molar-refractivity contribution in [2.75, 3.05) is 0 Å². The van der Waals surface area contributed by atoms with E-state index >= 15 is 0 Å². The summed E-state index contributed by atoms with van der Waals surface area (Å²) in [7, 11) is 0. The standard InChI is InChI=1S/C42H23N3O2S/c1-2-11-36-27(6-1)33-10-5-19-44-42(33)45(36)25-13-15-37-35(23-25)32-8-3-7-26(41(32)48-37)24-12-14-29-34(22-24)31-17-21-47-40(31)38-28(9-4-18-43-38)30-16-20-46-39(29)30/h1-23H. The summed E-state index contributed by atoms with van der Waals surface area (Å²) in [5.41, 5.74) is 11.5. The normalized spacial score (nSPS) is 12.2. The molecule has 1 aliphatic rings. The summed E-state index contributed by atoms with van der Waals surface area (Å²) in [4.78, 5) is 9.56. The molecule has 10 aromatic rings. The number of pyridine rings is 2. The summed E-state index contributed by atoms with van der Waals surface area (Å²) in [5.74, 6) is 1.60. The van der Waals surface area contributed by atoms with Gasteiger partial charge >= 0.3 is 0 Å². The number of aromatic nitrogens is 3. The first-order chi connectivity index (χ1) is 23.8. The third-order valence-electron chi connectivity index (χ3n) is 9.68. The van der Waals surface area contributed by atoms with Gasteiger partial charge in [-0.25, -0.2) is 4.98 Å². The Balaban J connectivity index is 1.11. The van der Waals surface area contributed by atoms with Gasteiger partial charge in [0.2, 0.25) is 0 Å². The van der Waals surface area contributed by atoms with Gasteiger partial charge in [-0.2, -0.15) is 0 Å². The number of nitrogens with zero attached hydrogens (tertiary/aromatic N) is 3. The van der Waals surface area contributed by atoms with Crippen LogP contribution in [0.5, 0.6) is 0 Å². The second kappa shape index (κ2) is 9.64. The van der Waals surface area contributed by atoms with Gasteiger partial charge in [0.25, 0.3) is 0 Å². The Morgan fingerprint density at radius 1 is 0.521 bits per heavy atom. The molecule has 0 saturated heterocycles. The maximum absolute atomic E-state index is 6.15. The van der Waals surface area contributed by atoms with Crippen molar-refractivity contribution in [3.05, 3.63) is 140 Å². The van der Waals surface area contributed by atoms with Crippen molar-refractivity contribution in [1.29, 1.82) is 0 Å². The predicted octanol–water partition coefficient (Wildman–Crippen LogP) is 11.8. The van der Waals surface area contributed by atoms with E-state index in [0.717, 1.165) is 72.8 Å². The molecule has 224 valence electrons. The van der Waals surface area contributed by atoms with Crippen LogP contribution >= 0.6 is 11.3 Å². The fraction of sp³-hybridized carbons (Fsp3) is 0. The zero-order valence-corrected chi connectivity index (χ0v) is 26.2. The van der Waals surface area contributed by atoms with E-state index in [9.17, 15) is 0 Å². The molecular weight excluding hydrogens is 611 g/mol. The Morgan fingerprint density at radius 3 is 2.27 bits per heavy atom. The highest BCUT2D eigenvalue weighted by molar-refractivity contribution is 7.26. The minimum atomic E-state index is 0.767. The van der Waals surface area contributed by atoms with Crippen LogP contribution in [0.1, 0.15) is 0 Å². The SMILES string of the molecule is c1cnc2c(c1)-c1ccoc1-c1ccc(-c3cccc4c3sc3ccc(-n5c6ccccc6c6cccnc65)cc34)cc1-c1ccoc1-2. The molecule has 5 nitrogen and oxygen atoms in total. The van der Waals surface area contributed by atoms with E-state index in [2.05, 4.69) is 95.6 Å². The van der Waals surface area contributed by atoms with Gasteiger partial charge in [0.15, 0.2) is 5.76 Å².